The van der Waals surface area contributed by atoms with Gasteiger partial charge in [0.2, 0.25) is 11.8 Å². The van der Waals surface area contributed by atoms with Crippen LogP contribution in [0.25, 0.3) is 0 Å². The van der Waals surface area contributed by atoms with Crippen LogP contribution in [0, 0.1) is 5.82 Å². The first-order valence-electron chi connectivity index (χ1n) is 10.2. The number of nitrogens with one attached hydrogen (secondary N) is 1. The molecule has 0 heterocycles. The average molecular weight is 460 g/mol. The fourth-order valence-corrected chi connectivity index (χ4v) is 4.77. The maximum Gasteiger partial charge on any atom is 0.251 e. The molecule has 9 heteroatoms. The summed E-state index contributed by atoms with van der Waals surface area (Å²) in [6, 6.07) is 10.4. The Morgan fingerprint density at radius 3 is 2.22 bits per heavy atom. The largest absolute Gasteiger partial charge is 0.380 e. The van der Waals surface area contributed by atoms with Gasteiger partial charge in [-0.3, -0.25) is 14.4 Å². The molecule has 0 aliphatic heterocycles. The van der Waals surface area contributed by atoms with E-state index in [4.69, 9.17) is 10.5 Å². The van der Waals surface area contributed by atoms with Gasteiger partial charge in [-0.25, -0.2) is 4.39 Å². The zero-order valence-corrected chi connectivity index (χ0v) is 20.1. The molecular weight excluding hydrogens is 429 g/mol. The van der Waals surface area contributed by atoms with E-state index in [0.717, 1.165) is 10.5 Å². The van der Waals surface area contributed by atoms with Gasteiger partial charge < -0.3 is 20.7 Å². The lowest BCUT2D eigenvalue weighted by Gasteiger charge is -2.29. The van der Waals surface area contributed by atoms with Crippen LogP contribution in [-0.2, 0) is 25.7 Å². The van der Waals surface area contributed by atoms with Gasteiger partial charge in [-0.1, -0.05) is 50.0 Å². The monoisotopic (exact) mass is 459 g/mol. The highest BCUT2D eigenvalue weighted by Crippen LogP contribution is 2.24. The summed E-state index contributed by atoms with van der Waals surface area (Å²) in [7, 11) is -0.310. The molecule has 172 valence electrons. The van der Waals surface area contributed by atoms with Crippen LogP contribution < -0.4 is 16.2 Å². The molecular formula is C23H30FN3O4Si. The van der Waals surface area contributed by atoms with Crippen molar-refractivity contribution in [1.29, 1.82) is 0 Å². The van der Waals surface area contributed by atoms with E-state index in [1.165, 1.54) is 13.0 Å². The van der Waals surface area contributed by atoms with Crippen molar-refractivity contribution in [1.82, 2.24) is 4.90 Å². The zero-order valence-electron chi connectivity index (χ0n) is 19.1. The van der Waals surface area contributed by atoms with E-state index in [2.05, 4.69) is 5.32 Å². The molecule has 3 N–H and O–H groups in total. The van der Waals surface area contributed by atoms with Crippen molar-refractivity contribution in [3.05, 3.63) is 59.4 Å². The number of hydrogen-bond acceptors (Lipinski definition) is 4. The maximum absolute atomic E-state index is 14.6. The predicted octanol–water partition coefficient (Wildman–Crippen LogP) is 2.53. The average Bonchev–Trinajstić information content (AvgIpc) is 2.67. The molecule has 2 aromatic rings. The number of carbonyl (C=O) groups is 3. The summed E-state index contributed by atoms with van der Waals surface area (Å²) in [5, 5.41) is 3.33. The van der Waals surface area contributed by atoms with E-state index in [9.17, 15) is 18.8 Å². The molecule has 0 saturated carbocycles. The van der Waals surface area contributed by atoms with Gasteiger partial charge in [-0.05, 0) is 28.4 Å². The first-order valence-corrected chi connectivity index (χ1v) is 13.7. The number of ether oxygens (including phenoxy) is 1. The van der Waals surface area contributed by atoms with Crippen LogP contribution in [-0.4, -0.2) is 44.3 Å². The highest BCUT2D eigenvalue weighted by atomic mass is 28.3. The Balaban J connectivity index is 2.42. The summed E-state index contributed by atoms with van der Waals surface area (Å²) in [5.41, 5.74) is 6.94. The van der Waals surface area contributed by atoms with Gasteiger partial charge >= 0.3 is 0 Å². The molecule has 1 atom stereocenters. The number of primary amides is 1. The number of carbonyl (C=O) groups excluding carboxylic acids is 3. The summed E-state index contributed by atoms with van der Waals surface area (Å²) in [6.07, 6.45) is 0. The summed E-state index contributed by atoms with van der Waals surface area (Å²) < 4.78 is 19.7. The third kappa shape index (κ3) is 6.48. The third-order valence-electron chi connectivity index (χ3n) is 4.94. The molecule has 0 radical (unpaired) electrons. The van der Waals surface area contributed by atoms with Crippen LogP contribution in [0.15, 0.2) is 42.5 Å². The Hall–Kier alpha value is -3.04. The molecule has 0 spiro atoms. The minimum absolute atomic E-state index is 0.262. The van der Waals surface area contributed by atoms with Gasteiger partial charge in [0.05, 0.1) is 14.7 Å². The van der Waals surface area contributed by atoms with Crippen LogP contribution in [0.3, 0.4) is 0 Å². The van der Waals surface area contributed by atoms with E-state index in [-0.39, 0.29) is 11.5 Å². The van der Waals surface area contributed by atoms with E-state index in [0.29, 0.717) is 17.4 Å². The molecule has 7 nitrogen and oxygen atoms in total. The first-order chi connectivity index (χ1) is 14.9. The summed E-state index contributed by atoms with van der Waals surface area (Å²) in [6.45, 7) is 7.29. The SMILES string of the molecule is COCc1ccc([C@H](C(=O)Nc2ccc([Si](C)(C)C)c(F)c2)N(CC(N)=O)C(C)=O)cc1. The van der Waals surface area contributed by atoms with Crippen LogP contribution >= 0.6 is 0 Å². The van der Waals surface area contributed by atoms with Gasteiger partial charge in [-0.2, -0.15) is 0 Å². The fraction of sp³-hybridized carbons (Fsp3) is 0.348. The van der Waals surface area contributed by atoms with E-state index in [1.54, 1.807) is 43.5 Å². The molecule has 2 aromatic carbocycles. The van der Waals surface area contributed by atoms with Gasteiger partial charge in [-0.15, -0.1) is 0 Å². The van der Waals surface area contributed by atoms with Crippen molar-refractivity contribution < 1.29 is 23.5 Å². The second-order valence-electron chi connectivity index (χ2n) is 8.62. The van der Waals surface area contributed by atoms with Gasteiger partial charge in [0.1, 0.15) is 18.4 Å². The Kier molecular flexibility index (Phi) is 8.29. The van der Waals surface area contributed by atoms with Crippen molar-refractivity contribution in [3.8, 4) is 0 Å². The highest BCUT2D eigenvalue weighted by molar-refractivity contribution is 6.88. The first kappa shape index (κ1) is 25.2. The van der Waals surface area contributed by atoms with Crippen molar-refractivity contribution >= 4 is 36.7 Å². The molecule has 32 heavy (non-hydrogen) atoms. The molecule has 3 amide bonds. The third-order valence-corrected chi connectivity index (χ3v) is 6.96. The minimum Gasteiger partial charge on any atom is -0.380 e. The van der Waals surface area contributed by atoms with Crippen molar-refractivity contribution in [3.63, 3.8) is 0 Å². The molecule has 0 unspecified atom stereocenters. The van der Waals surface area contributed by atoms with E-state index >= 15 is 0 Å². The molecule has 0 aliphatic carbocycles. The lowest BCUT2D eigenvalue weighted by molar-refractivity contribution is -0.140. The number of rotatable bonds is 9. The number of amides is 3. The molecule has 0 saturated heterocycles. The quantitative estimate of drug-likeness (QED) is 0.563. The highest BCUT2D eigenvalue weighted by Gasteiger charge is 2.31. The molecule has 2 rings (SSSR count). The molecule has 0 fully saturated rings. The normalized spacial score (nSPS) is 12.2. The molecule has 0 aliphatic rings. The number of benzene rings is 2. The van der Waals surface area contributed by atoms with Gasteiger partial charge in [0.25, 0.3) is 5.91 Å². The lowest BCUT2D eigenvalue weighted by Crippen LogP contribution is -2.44. The van der Waals surface area contributed by atoms with E-state index in [1.807, 2.05) is 19.6 Å². The Morgan fingerprint density at radius 2 is 1.75 bits per heavy atom. The van der Waals surface area contributed by atoms with Crippen LogP contribution in [0.5, 0.6) is 0 Å². The number of nitrogens with zero attached hydrogens (tertiary/aromatic N) is 1. The van der Waals surface area contributed by atoms with Crippen LogP contribution in [0.1, 0.15) is 24.1 Å². The van der Waals surface area contributed by atoms with Crippen LogP contribution in [0.2, 0.25) is 19.6 Å². The van der Waals surface area contributed by atoms with Gasteiger partial charge in [0.15, 0.2) is 0 Å². The zero-order chi connectivity index (χ0) is 24.1. The second kappa shape index (κ2) is 10.5. The molecule has 0 aromatic heterocycles. The number of anilines is 1. The maximum atomic E-state index is 14.6. The predicted molar refractivity (Wildman–Crippen MR) is 124 cm³/mol. The minimum atomic E-state index is -1.88. The number of nitrogens with two attached hydrogens (primary N) is 1. The fourth-order valence-electron chi connectivity index (χ4n) is 3.40. The van der Waals surface area contributed by atoms with Crippen molar-refractivity contribution in [2.24, 2.45) is 5.73 Å². The Bertz CT molecular complexity index is 990. The summed E-state index contributed by atoms with van der Waals surface area (Å²) >= 11 is 0. The lowest BCUT2D eigenvalue weighted by atomic mass is 10.0. The Labute approximate surface area is 188 Å². The number of methoxy groups -OCH3 is 1. The standard InChI is InChI=1S/C23H30FN3O4Si/c1-15(28)27(13-21(25)29)22(17-8-6-16(7-9-17)14-31-2)23(30)26-18-10-11-20(19(24)12-18)32(3,4)5/h6-12,22H,13-14H2,1-5H3,(H2,25,29)(H,26,30)/t22-/m1/s1. The number of hydrogen-bond donors (Lipinski definition) is 2. The van der Waals surface area contributed by atoms with Crippen molar-refractivity contribution in [2.75, 3.05) is 19.0 Å². The number of halogens is 1. The topological polar surface area (TPSA) is 102 Å². The van der Waals surface area contributed by atoms with Crippen LogP contribution in [0.4, 0.5) is 10.1 Å². The summed E-state index contributed by atoms with van der Waals surface area (Å²) in [5.74, 6) is -2.21. The van der Waals surface area contributed by atoms with Gasteiger partial charge in [0, 0.05) is 19.7 Å². The Morgan fingerprint density at radius 1 is 1.12 bits per heavy atom. The summed E-state index contributed by atoms with van der Waals surface area (Å²) in [4.78, 5) is 38.2. The van der Waals surface area contributed by atoms with Crippen molar-refractivity contribution in [2.45, 2.75) is 39.2 Å². The molecule has 0 bridgehead atoms. The smallest absolute Gasteiger partial charge is 0.251 e. The second-order valence-corrected chi connectivity index (χ2v) is 13.7. The van der Waals surface area contributed by atoms with E-state index < -0.39 is 38.4 Å².